The van der Waals surface area contributed by atoms with E-state index >= 15 is 0 Å². The molecule has 0 aliphatic heterocycles. The van der Waals surface area contributed by atoms with Crippen LogP contribution in [0.3, 0.4) is 0 Å². The molecule has 0 saturated heterocycles. The zero-order chi connectivity index (χ0) is 23.8. The Hall–Kier alpha value is -0.430. The van der Waals surface area contributed by atoms with E-state index in [-0.39, 0.29) is 39.6 Å². The lowest BCUT2D eigenvalue weighted by Gasteiger charge is -2.22. The summed E-state index contributed by atoms with van der Waals surface area (Å²) in [7, 11) is -10.5. The van der Waals surface area contributed by atoms with Gasteiger partial charge in [-0.05, 0) is 0 Å². The van der Waals surface area contributed by atoms with Crippen LogP contribution in [0.25, 0.3) is 0 Å². The van der Waals surface area contributed by atoms with Crippen molar-refractivity contribution >= 4 is 30.4 Å². The molecule has 0 N–H and O–H groups in total. The van der Waals surface area contributed by atoms with Gasteiger partial charge in [-0.25, -0.2) is 0 Å². The largest absolute Gasteiger partial charge is 0.378 e. The first-order valence-corrected chi connectivity index (χ1v) is 14.7. The van der Waals surface area contributed by atoms with Gasteiger partial charge >= 0.3 is 0 Å². The molecule has 0 fully saturated rings. The Balaban J connectivity index is 4.13. The van der Waals surface area contributed by atoms with Crippen LogP contribution in [0.15, 0.2) is 0 Å². The fourth-order valence-electron chi connectivity index (χ4n) is 1.96. The van der Waals surface area contributed by atoms with E-state index in [9.17, 15) is 25.3 Å². The molecule has 0 unspecified atom stereocenters. The van der Waals surface area contributed by atoms with E-state index in [4.69, 9.17) is 14.2 Å². The van der Waals surface area contributed by atoms with Crippen LogP contribution in [0.1, 0.15) is 0 Å². The van der Waals surface area contributed by atoms with Gasteiger partial charge in [0.05, 0.1) is 78.2 Å². The molecule has 13 nitrogen and oxygen atoms in total. The van der Waals surface area contributed by atoms with Crippen LogP contribution in [-0.2, 0) is 57.1 Å². The lowest BCUT2D eigenvalue weighted by molar-refractivity contribution is 0.0378. The Kier molecular flexibility index (Phi) is 16.0. The van der Waals surface area contributed by atoms with E-state index in [1.807, 2.05) is 4.90 Å². The van der Waals surface area contributed by atoms with Crippen molar-refractivity contribution < 1.29 is 52.0 Å². The predicted molar refractivity (Wildman–Crippen MR) is 111 cm³/mol. The molecule has 31 heavy (non-hydrogen) atoms. The number of rotatable bonds is 21. The highest BCUT2D eigenvalue weighted by atomic mass is 32.2. The van der Waals surface area contributed by atoms with Gasteiger partial charge in [0.2, 0.25) is 0 Å². The van der Waals surface area contributed by atoms with Gasteiger partial charge in [0.15, 0.2) is 0 Å². The number of hydrogen-bond acceptors (Lipinski definition) is 13. The molecule has 16 heteroatoms. The summed E-state index contributed by atoms with van der Waals surface area (Å²) in [5, 5.41) is 0. The maximum Gasteiger partial charge on any atom is 0.264 e. The fourth-order valence-corrected chi connectivity index (χ4v) is 3.07. The molecule has 0 aromatic rings. The van der Waals surface area contributed by atoms with E-state index < -0.39 is 30.4 Å². The quantitative estimate of drug-likeness (QED) is 0.125. The van der Waals surface area contributed by atoms with E-state index in [1.54, 1.807) is 0 Å². The van der Waals surface area contributed by atoms with Gasteiger partial charge in [-0.2, -0.15) is 25.3 Å². The zero-order valence-corrected chi connectivity index (χ0v) is 20.5. The lowest BCUT2D eigenvalue weighted by Crippen LogP contribution is -2.34. The third-order valence-corrected chi connectivity index (χ3v) is 5.02. The van der Waals surface area contributed by atoms with Crippen molar-refractivity contribution in [3.05, 3.63) is 0 Å². The first kappa shape index (κ1) is 30.6. The molecular weight excluding hydrogens is 482 g/mol. The first-order chi connectivity index (χ1) is 14.3. The van der Waals surface area contributed by atoms with Gasteiger partial charge in [0, 0.05) is 19.6 Å². The van der Waals surface area contributed by atoms with Crippen molar-refractivity contribution in [3.8, 4) is 0 Å². The maximum absolute atomic E-state index is 10.9. The summed E-state index contributed by atoms with van der Waals surface area (Å²) in [6.07, 6.45) is 2.87. The minimum absolute atomic E-state index is 0.0777. The van der Waals surface area contributed by atoms with Crippen molar-refractivity contribution in [3.63, 3.8) is 0 Å². The average Bonchev–Trinajstić information content (AvgIpc) is 2.60. The predicted octanol–water partition coefficient (Wildman–Crippen LogP) is -1.73. The molecule has 0 aromatic heterocycles. The second-order valence-electron chi connectivity index (χ2n) is 6.26. The Morgan fingerprint density at radius 3 is 0.935 bits per heavy atom. The Bertz CT molecular complexity index is 662. The summed E-state index contributed by atoms with van der Waals surface area (Å²) in [6.45, 7) is 2.49. The van der Waals surface area contributed by atoms with Crippen LogP contribution in [-0.4, -0.2) is 128 Å². The highest BCUT2D eigenvalue weighted by Crippen LogP contribution is 1.94. The van der Waals surface area contributed by atoms with Crippen molar-refractivity contribution in [2.45, 2.75) is 0 Å². The molecule has 0 amide bonds. The molecular formula is C15H33NO12S3. The summed E-state index contributed by atoms with van der Waals surface area (Å²) in [6, 6.07) is 0. The summed E-state index contributed by atoms with van der Waals surface area (Å²) >= 11 is 0. The molecule has 0 aliphatic carbocycles. The first-order valence-electron chi connectivity index (χ1n) is 9.27. The SMILES string of the molecule is CS(=O)(=O)OCCOCCN(CCOCCOS(C)(=O)=O)CCOCCOS(C)(=O)=O. The molecule has 0 atom stereocenters. The number of hydrogen-bond donors (Lipinski definition) is 0. The minimum atomic E-state index is -3.50. The van der Waals surface area contributed by atoms with Gasteiger partial charge in [-0.1, -0.05) is 0 Å². The van der Waals surface area contributed by atoms with Gasteiger partial charge in [-0.15, -0.1) is 0 Å². The van der Waals surface area contributed by atoms with Crippen LogP contribution in [0.2, 0.25) is 0 Å². The minimum Gasteiger partial charge on any atom is -0.378 e. The topological polar surface area (TPSA) is 161 Å². The normalized spacial score (nSPS) is 13.2. The molecule has 0 aromatic carbocycles. The molecule has 0 aliphatic rings. The van der Waals surface area contributed by atoms with Gasteiger partial charge in [-0.3, -0.25) is 17.4 Å². The third-order valence-electron chi connectivity index (χ3n) is 3.23. The Morgan fingerprint density at radius 2 is 0.710 bits per heavy atom. The monoisotopic (exact) mass is 515 g/mol. The van der Waals surface area contributed by atoms with E-state index in [2.05, 4.69) is 12.5 Å². The van der Waals surface area contributed by atoms with Crippen LogP contribution in [0.4, 0.5) is 0 Å². The van der Waals surface area contributed by atoms with Crippen LogP contribution in [0.5, 0.6) is 0 Å². The molecule has 0 rings (SSSR count). The molecule has 0 saturated carbocycles. The highest BCUT2D eigenvalue weighted by Gasteiger charge is 2.07. The van der Waals surface area contributed by atoms with Crippen molar-refractivity contribution in [1.29, 1.82) is 0 Å². The zero-order valence-electron chi connectivity index (χ0n) is 18.1. The third kappa shape index (κ3) is 25.7. The van der Waals surface area contributed by atoms with Gasteiger partial charge in [0.25, 0.3) is 30.4 Å². The van der Waals surface area contributed by atoms with E-state index in [1.165, 1.54) is 0 Å². The molecule has 0 bridgehead atoms. The molecule has 188 valence electrons. The van der Waals surface area contributed by atoms with E-state index in [0.717, 1.165) is 18.8 Å². The molecule has 0 heterocycles. The second-order valence-corrected chi connectivity index (χ2v) is 11.2. The van der Waals surface area contributed by atoms with Gasteiger partial charge in [0.1, 0.15) is 0 Å². The summed E-state index contributed by atoms with van der Waals surface area (Å²) in [4.78, 5) is 1.95. The molecule has 0 radical (unpaired) electrons. The van der Waals surface area contributed by atoms with Crippen molar-refractivity contribution in [1.82, 2.24) is 4.90 Å². The Morgan fingerprint density at radius 1 is 0.452 bits per heavy atom. The molecule has 0 spiro atoms. The van der Waals surface area contributed by atoms with Crippen LogP contribution >= 0.6 is 0 Å². The number of nitrogens with zero attached hydrogens (tertiary/aromatic N) is 1. The average molecular weight is 516 g/mol. The lowest BCUT2D eigenvalue weighted by atomic mass is 10.4. The standard InChI is InChI=1S/C15H33NO12S3/c1-29(17,18)26-13-10-23-7-4-16(5-8-24-11-14-27-30(2,19)20)6-9-25-12-15-28-31(3,21)22/h4-15H2,1-3H3. The Labute approximate surface area is 185 Å². The van der Waals surface area contributed by atoms with Crippen LogP contribution in [0, 0.1) is 0 Å². The van der Waals surface area contributed by atoms with Crippen LogP contribution < -0.4 is 0 Å². The highest BCUT2D eigenvalue weighted by molar-refractivity contribution is 7.86. The fraction of sp³-hybridized carbons (Fsp3) is 1.00. The van der Waals surface area contributed by atoms with Crippen molar-refractivity contribution in [2.24, 2.45) is 0 Å². The second kappa shape index (κ2) is 16.2. The van der Waals surface area contributed by atoms with Crippen molar-refractivity contribution in [2.75, 3.05) is 97.9 Å². The smallest absolute Gasteiger partial charge is 0.264 e. The number of ether oxygens (including phenoxy) is 3. The summed E-state index contributed by atoms with van der Waals surface area (Å²) in [5.74, 6) is 0. The maximum atomic E-state index is 10.9. The van der Waals surface area contributed by atoms with E-state index in [0.29, 0.717) is 39.5 Å². The summed E-state index contributed by atoms with van der Waals surface area (Å²) in [5.41, 5.74) is 0. The van der Waals surface area contributed by atoms with Gasteiger partial charge < -0.3 is 14.2 Å². The summed E-state index contributed by atoms with van der Waals surface area (Å²) < 4.78 is 95.0.